The van der Waals surface area contributed by atoms with Crippen LogP contribution >= 0.6 is 0 Å². The molecule has 0 radical (unpaired) electrons. The van der Waals surface area contributed by atoms with Crippen LogP contribution < -0.4 is 5.32 Å². The third kappa shape index (κ3) is 4.74. The molecule has 1 saturated carbocycles. The van der Waals surface area contributed by atoms with Gasteiger partial charge in [0, 0.05) is 6.54 Å². The van der Waals surface area contributed by atoms with Crippen molar-refractivity contribution in [3.05, 3.63) is 71.3 Å². The van der Waals surface area contributed by atoms with Gasteiger partial charge < -0.3 is 10.1 Å². The van der Waals surface area contributed by atoms with E-state index in [9.17, 15) is 18.4 Å². The summed E-state index contributed by atoms with van der Waals surface area (Å²) in [5.74, 6) is -1.49. The van der Waals surface area contributed by atoms with Gasteiger partial charge in [-0.1, -0.05) is 37.1 Å². The van der Waals surface area contributed by atoms with Crippen LogP contribution in [0.4, 0.5) is 8.78 Å². The van der Waals surface area contributed by atoms with Crippen molar-refractivity contribution in [2.45, 2.75) is 37.5 Å². The molecule has 0 aliphatic heterocycles. The molecule has 1 fully saturated rings. The Hall–Kier alpha value is -2.76. The highest BCUT2D eigenvalue weighted by Gasteiger charge is 2.44. The highest BCUT2D eigenvalue weighted by Crippen LogP contribution is 2.42. The average molecular weight is 387 g/mol. The lowest BCUT2D eigenvalue weighted by molar-refractivity contribution is -0.154. The van der Waals surface area contributed by atoms with Gasteiger partial charge in [-0.3, -0.25) is 9.59 Å². The highest BCUT2D eigenvalue weighted by atomic mass is 19.1. The third-order valence-corrected chi connectivity index (χ3v) is 5.23. The number of ether oxygens (including phenoxy) is 1. The Kier molecular flexibility index (Phi) is 6.39. The van der Waals surface area contributed by atoms with Crippen LogP contribution in [0.15, 0.2) is 48.5 Å². The van der Waals surface area contributed by atoms with Gasteiger partial charge in [0.15, 0.2) is 6.61 Å². The molecule has 0 atom stereocenters. The maximum Gasteiger partial charge on any atom is 0.317 e. The molecule has 0 heterocycles. The summed E-state index contributed by atoms with van der Waals surface area (Å²) in [4.78, 5) is 24.7. The average Bonchev–Trinajstić information content (AvgIpc) is 3.19. The minimum absolute atomic E-state index is 0.304. The molecule has 0 spiro atoms. The number of rotatable bonds is 7. The molecule has 0 saturated heterocycles. The van der Waals surface area contributed by atoms with Crippen LogP contribution in [0.25, 0.3) is 0 Å². The van der Waals surface area contributed by atoms with Crippen molar-refractivity contribution in [3.8, 4) is 0 Å². The first-order valence-corrected chi connectivity index (χ1v) is 9.44. The number of hydrogen-bond donors (Lipinski definition) is 1. The first-order chi connectivity index (χ1) is 13.5. The highest BCUT2D eigenvalue weighted by molar-refractivity contribution is 5.86. The fourth-order valence-corrected chi connectivity index (χ4v) is 3.68. The first kappa shape index (κ1) is 20.0. The Morgan fingerprint density at radius 2 is 1.50 bits per heavy atom. The number of carbonyl (C=O) groups excluding carboxylic acids is 2. The predicted octanol–water partition coefficient (Wildman–Crippen LogP) is 3.68. The van der Waals surface area contributed by atoms with E-state index in [1.807, 2.05) is 0 Å². The smallest absolute Gasteiger partial charge is 0.317 e. The summed E-state index contributed by atoms with van der Waals surface area (Å²) in [6.07, 6.45) is 3.58. The summed E-state index contributed by atoms with van der Waals surface area (Å²) in [5, 5.41) is 2.69. The van der Waals surface area contributed by atoms with Crippen LogP contribution in [0, 0.1) is 11.6 Å². The molecule has 1 aliphatic carbocycles. The molecule has 148 valence electrons. The third-order valence-electron chi connectivity index (χ3n) is 5.23. The fourth-order valence-electron chi connectivity index (χ4n) is 3.68. The van der Waals surface area contributed by atoms with E-state index in [1.54, 1.807) is 24.3 Å². The number of halogens is 2. The van der Waals surface area contributed by atoms with Crippen molar-refractivity contribution in [2.75, 3.05) is 13.2 Å². The largest absolute Gasteiger partial charge is 0.455 e. The minimum Gasteiger partial charge on any atom is -0.455 e. The Bertz CT molecular complexity index is 813. The summed E-state index contributed by atoms with van der Waals surface area (Å²) in [6, 6.07) is 12.0. The zero-order chi connectivity index (χ0) is 20.0. The molecule has 0 aromatic heterocycles. The molecule has 1 N–H and O–H groups in total. The van der Waals surface area contributed by atoms with Crippen molar-refractivity contribution >= 4 is 11.9 Å². The second-order valence-corrected chi connectivity index (χ2v) is 7.10. The van der Waals surface area contributed by atoms with Gasteiger partial charge in [-0.25, -0.2) is 8.78 Å². The number of nitrogens with one attached hydrogen (secondary N) is 1. The molecule has 3 rings (SSSR count). The van der Waals surface area contributed by atoms with E-state index < -0.39 is 11.4 Å². The SMILES string of the molecule is O=C(COC(=O)C1(c2ccc(F)cc2)CCCC1)NCCc1ccc(F)cc1. The molecule has 6 heteroatoms. The summed E-state index contributed by atoms with van der Waals surface area (Å²) in [6.45, 7) is 0.0102. The van der Waals surface area contributed by atoms with Crippen LogP contribution in [0.2, 0.25) is 0 Å². The quantitative estimate of drug-likeness (QED) is 0.738. The van der Waals surface area contributed by atoms with Gasteiger partial charge in [-0.05, 0) is 54.7 Å². The van der Waals surface area contributed by atoms with Crippen molar-refractivity contribution in [1.82, 2.24) is 5.32 Å². The van der Waals surface area contributed by atoms with Crippen LogP contribution in [0.3, 0.4) is 0 Å². The van der Waals surface area contributed by atoms with E-state index in [1.165, 1.54) is 24.3 Å². The zero-order valence-corrected chi connectivity index (χ0v) is 15.5. The van der Waals surface area contributed by atoms with E-state index in [0.717, 1.165) is 24.0 Å². The van der Waals surface area contributed by atoms with Gasteiger partial charge in [0.1, 0.15) is 11.6 Å². The summed E-state index contributed by atoms with van der Waals surface area (Å²) >= 11 is 0. The monoisotopic (exact) mass is 387 g/mol. The Morgan fingerprint density at radius 3 is 2.11 bits per heavy atom. The number of carbonyl (C=O) groups is 2. The van der Waals surface area contributed by atoms with Crippen molar-refractivity contribution in [1.29, 1.82) is 0 Å². The van der Waals surface area contributed by atoms with Gasteiger partial charge >= 0.3 is 5.97 Å². The second-order valence-electron chi connectivity index (χ2n) is 7.10. The topological polar surface area (TPSA) is 55.4 Å². The lowest BCUT2D eigenvalue weighted by atomic mass is 9.79. The van der Waals surface area contributed by atoms with E-state index in [4.69, 9.17) is 4.74 Å². The molecule has 0 bridgehead atoms. The summed E-state index contributed by atoms with van der Waals surface area (Å²) < 4.78 is 31.4. The van der Waals surface area contributed by atoms with Crippen LogP contribution in [-0.4, -0.2) is 25.0 Å². The van der Waals surface area contributed by atoms with Crippen molar-refractivity contribution < 1.29 is 23.1 Å². The first-order valence-electron chi connectivity index (χ1n) is 9.44. The Morgan fingerprint density at radius 1 is 0.929 bits per heavy atom. The van der Waals surface area contributed by atoms with Gasteiger partial charge in [0.2, 0.25) is 0 Å². The molecule has 2 aromatic rings. The van der Waals surface area contributed by atoms with E-state index >= 15 is 0 Å². The summed E-state index contributed by atoms with van der Waals surface area (Å²) in [5.41, 5.74) is 0.829. The maximum atomic E-state index is 13.2. The molecule has 1 amide bonds. The van der Waals surface area contributed by atoms with Crippen LogP contribution in [0.5, 0.6) is 0 Å². The standard InChI is InChI=1S/C22H23F2NO3/c23-18-7-3-16(4-8-18)11-14-25-20(26)15-28-21(27)22(12-1-2-13-22)17-5-9-19(24)10-6-17/h3-10H,1-2,11-15H2,(H,25,26). The molecule has 4 nitrogen and oxygen atoms in total. The van der Waals surface area contributed by atoms with Crippen LogP contribution in [0.1, 0.15) is 36.8 Å². The molecular formula is C22H23F2NO3. The second kappa shape index (κ2) is 8.95. The number of hydrogen-bond acceptors (Lipinski definition) is 3. The predicted molar refractivity (Wildman–Crippen MR) is 101 cm³/mol. The number of amides is 1. The zero-order valence-electron chi connectivity index (χ0n) is 15.5. The number of benzene rings is 2. The normalized spacial score (nSPS) is 15.2. The van der Waals surface area contributed by atoms with E-state index in [-0.39, 0.29) is 24.1 Å². The maximum absolute atomic E-state index is 13.2. The Balaban J connectivity index is 1.51. The lowest BCUT2D eigenvalue weighted by Gasteiger charge is -2.27. The van der Waals surface area contributed by atoms with Gasteiger partial charge in [0.25, 0.3) is 5.91 Å². The van der Waals surface area contributed by atoms with E-state index in [2.05, 4.69) is 5.32 Å². The molecule has 2 aromatic carbocycles. The number of esters is 1. The van der Waals surface area contributed by atoms with Crippen molar-refractivity contribution in [3.63, 3.8) is 0 Å². The molecule has 28 heavy (non-hydrogen) atoms. The molecule has 0 unspecified atom stereocenters. The van der Waals surface area contributed by atoms with Crippen molar-refractivity contribution in [2.24, 2.45) is 0 Å². The fraction of sp³-hybridized carbons (Fsp3) is 0.364. The molecular weight excluding hydrogens is 364 g/mol. The van der Waals surface area contributed by atoms with Crippen LogP contribution in [-0.2, 0) is 26.2 Å². The van der Waals surface area contributed by atoms with Gasteiger partial charge in [-0.15, -0.1) is 0 Å². The Labute approximate surface area is 162 Å². The molecule has 1 aliphatic rings. The lowest BCUT2D eigenvalue weighted by Crippen LogP contribution is -2.38. The van der Waals surface area contributed by atoms with Gasteiger partial charge in [-0.2, -0.15) is 0 Å². The summed E-state index contributed by atoms with van der Waals surface area (Å²) in [7, 11) is 0. The minimum atomic E-state index is -0.803. The van der Waals surface area contributed by atoms with Gasteiger partial charge in [0.05, 0.1) is 5.41 Å². The van der Waals surface area contributed by atoms with E-state index in [0.29, 0.717) is 25.8 Å².